The third-order valence-corrected chi connectivity index (χ3v) is 4.58. The molecule has 3 N–H and O–H groups in total. The third kappa shape index (κ3) is 8.25. The molecule has 0 heterocycles. The second-order valence-electron chi connectivity index (χ2n) is 7.52. The smallest absolute Gasteiger partial charge is 0.276 e. The molecule has 31 heavy (non-hydrogen) atoms. The average Bonchev–Trinajstić information content (AvgIpc) is 2.72. The van der Waals surface area contributed by atoms with Gasteiger partial charge in [0, 0.05) is 5.56 Å². The Hall–Kier alpha value is -3.13. The van der Waals surface area contributed by atoms with Crippen molar-refractivity contribution in [1.82, 2.24) is 16.2 Å². The van der Waals surface area contributed by atoms with Crippen molar-refractivity contribution < 1.29 is 19.1 Å². The topological polar surface area (TPSA) is 88.7 Å². The Labute approximate surface area is 188 Å². The van der Waals surface area contributed by atoms with Gasteiger partial charge in [-0.3, -0.25) is 25.8 Å². The summed E-state index contributed by atoms with van der Waals surface area (Å²) in [6.45, 7) is 8.53. The minimum Gasteiger partial charge on any atom is -0.494 e. The molecular weight excluding hydrogens is 414 g/mol. The summed E-state index contributed by atoms with van der Waals surface area (Å²) in [6.07, 6.45) is 0.962. The van der Waals surface area contributed by atoms with Crippen molar-refractivity contribution in [3.63, 3.8) is 0 Å². The molecule has 0 aromatic heterocycles. The van der Waals surface area contributed by atoms with Crippen LogP contribution in [0.25, 0.3) is 0 Å². The minimum absolute atomic E-state index is 0.0253. The normalized spacial score (nSPS) is 10.4. The lowest BCUT2D eigenvalue weighted by atomic mass is 10.1. The van der Waals surface area contributed by atoms with Gasteiger partial charge in [0.25, 0.3) is 11.8 Å². The van der Waals surface area contributed by atoms with Crippen LogP contribution in [-0.2, 0) is 4.79 Å². The van der Waals surface area contributed by atoms with Crippen molar-refractivity contribution in [2.24, 2.45) is 5.92 Å². The van der Waals surface area contributed by atoms with E-state index in [2.05, 4.69) is 30.0 Å². The van der Waals surface area contributed by atoms with Crippen molar-refractivity contribution in [2.75, 3.05) is 13.2 Å². The van der Waals surface area contributed by atoms with Crippen LogP contribution in [0.15, 0.2) is 42.5 Å². The summed E-state index contributed by atoms with van der Waals surface area (Å²) in [5, 5.41) is 2.48. The van der Waals surface area contributed by atoms with Crippen LogP contribution < -0.4 is 25.6 Å². The number of ether oxygens (including phenoxy) is 2. The molecule has 8 heteroatoms. The van der Waals surface area contributed by atoms with Gasteiger partial charge in [0.15, 0.2) is 11.7 Å². The number of hydrogen-bond acceptors (Lipinski definition) is 5. The Balaban J connectivity index is 1.74. The molecular formula is C23H29N3O4S. The first-order chi connectivity index (χ1) is 14.8. The molecule has 0 atom stereocenters. The fraction of sp³-hybridized carbons (Fsp3) is 0.348. The molecule has 0 fully saturated rings. The van der Waals surface area contributed by atoms with Crippen molar-refractivity contribution in [3.05, 3.63) is 59.2 Å². The molecule has 0 aliphatic heterocycles. The van der Waals surface area contributed by atoms with E-state index < -0.39 is 11.8 Å². The van der Waals surface area contributed by atoms with Crippen molar-refractivity contribution in [1.29, 1.82) is 0 Å². The Morgan fingerprint density at radius 3 is 2.23 bits per heavy atom. The number of carbonyl (C=O) groups excluding carboxylic acids is 2. The lowest BCUT2D eigenvalue weighted by Gasteiger charge is -2.13. The molecule has 0 aliphatic rings. The molecule has 166 valence electrons. The highest BCUT2D eigenvalue weighted by atomic mass is 32.1. The molecule has 0 saturated carbocycles. The third-order valence-electron chi connectivity index (χ3n) is 4.38. The van der Waals surface area contributed by atoms with Crippen LogP contribution in [0.2, 0.25) is 0 Å². The van der Waals surface area contributed by atoms with Crippen LogP contribution >= 0.6 is 12.2 Å². The Bertz CT molecular complexity index is 893. The standard InChI is InChI=1S/C23H29N3O4S/c1-15(2)12-13-29-19-10-8-18(9-11-19)22(28)24-23(31)26-25-20(27)14-30-21-16(3)6-5-7-17(21)4/h5-11,15H,12-14H2,1-4H3,(H,25,27)(H2,24,26,28,31). The number of hydrogen-bond donors (Lipinski definition) is 3. The lowest BCUT2D eigenvalue weighted by molar-refractivity contribution is -0.123. The van der Waals surface area contributed by atoms with Gasteiger partial charge in [-0.05, 0) is 73.8 Å². The molecule has 0 saturated heterocycles. The fourth-order valence-electron chi connectivity index (χ4n) is 2.65. The van der Waals surface area contributed by atoms with Gasteiger partial charge in [0.1, 0.15) is 11.5 Å². The van der Waals surface area contributed by atoms with E-state index in [1.165, 1.54) is 0 Å². The number of amides is 2. The number of hydrazine groups is 1. The summed E-state index contributed by atoms with van der Waals surface area (Å²) in [4.78, 5) is 24.3. The van der Waals surface area contributed by atoms with Gasteiger partial charge >= 0.3 is 0 Å². The van der Waals surface area contributed by atoms with E-state index >= 15 is 0 Å². The summed E-state index contributed by atoms with van der Waals surface area (Å²) in [6, 6.07) is 12.5. The van der Waals surface area contributed by atoms with Crippen LogP contribution in [0, 0.1) is 19.8 Å². The van der Waals surface area contributed by atoms with E-state index in [1.54, 1.807) is 24.3 Å². The van der Waals surface area contributed by atoms with Crippen LogP contribution in [0.5, 0.6) is 11.5 Å². The molecule has 2 amide bonds. The summed E-state index contributed by atoms with van der Waals surface area (Å²) in [7, 11) is 0. The average molecular weight is 444 g/mol. The number of thiocarbonyl (C=S) groups is 1. The van der Waals surface area contributed by atoms with E-state index in [1.807, 2.05) is 32.0 Å². The minimum atomic E-state index is -0.429. The van der Waals surface area contributed by atoms with Crippen molar-refractivity contribution >= 4 is 29.1 Å². The molecule has 0 radical (unpaired) electrons. The fourth-order valence-corrected chi connectivity index (χ4v) is 2.79. The van der Waals surface area contributed by atoms with E-state index in [0.29, 0.717) is 29.6 Å². The monoisotopic (exact) mass is 443 g/mol. The predicted octanol–water partition coefficient (Wildman–Crippen LogP) is 3.44. The van der Waals surface area contributed by atoms with Gasteiger partial charge in [0.05, 0.1) is 6.61 Å². The summed E-state index contributed by atoms with van der Waals surface area (Å²) >= 11 is 5.05. The first-order valence-electron chi connectivity index (χ1n) is 10.1. The molecule has 0 bridgehead atoms. The number of para-hydroxylation sites is 1. The maximum atomic E-state index is 12.3. The maximum Gasteiger partial charge on any atom is 0.276 e. The lowest BCUT2D eigenvalue weighted by Crippen LogP contribution is -2.49. The molecule has 2 rings (SSSR count). The van der Waals surface area contributed by atoms with Crippen LogP contribution in [-0.4, -0.2) is 30.1 Å². The Morgan fingerprint density at radius 1 is 0.968 bits per heavy atom. The highest BCUT2D eigenvalue weighted by Gasteiger charge is 2.10. The zero-order chi connectivity index (χ0) is 22.8. The van der Waals surface area contributed by atoms with Crippen LogP contribution in [0.4, 0.5) is 0 Å². The Morgan fingerprint density at radius 2 is 1.61 bits per heavy atom. The van der Waals surface area contributed by atoms with Gasteiger partial charge in [-0.1, -0.05) is 32.0 Å². The number of benzene rings is 2. The van der Waals surface area contributed by atoms with Gasteiger partial charge < -0.3 is 9.47 Å². The number of nitrogens with one attached hydrogen (secondary N) is 3. The zero-order valence-electron chi connectivity index (χ0n) is 18.3. The summed E-state index contributed by atoms with van der Waals surface area (Å²) < 4.78 is 11.2. The first kappa shape index (κ1) is 24.1. The predicted molar refractivity (Wildman–Crippen MR) is 124 cm³/mol. The van der Waals surface area contributed by atoms with E-state index in [-0.39, 0.29) is 11.7 Å². The number of rotatable bonds is 8. The summed E-state index contributed by atoms with van der Waals surface area (Å²) in [5.41, 5.74) is 7.20. The van der Waals surface area contributed by atoms with Gasteiger partial charge in [-0.2, -0.15) is 0 Å². The first-order valence-corrected chi connectivity index (χ1v) is 10.5. The van der Waals surface area contributed by atoms with E-state index in [9.17, 15) is 9.59 Å². The highest BCUT2D eigenvalue weighted by molar-refractivity contribution is 7.80. The molecule has 0 unspecified atom stereocenters. The second-order valence-corrected chi connectivity index (χ2v) is 7.93. The molecule has 2 aromatic rings. The maximum absolute atomic E-state index is 12.3. The molecule has 7 nitrogen and oxygen atoms in total. The van der Waals surface area contributed by atoms with Crippen LogP contribution in [0.3, 0.4) is 0 Å². The van der Waals surface area contributed by atoms with Crippen LogP contribution in [0.1, 0.15) is 41.8 Å². The summed E-state index contributed by atoms with van der Waals surface area (Å²) in [5.74, 6) is 1.12. The number of aryl methyl sites for hydroxylation is 2. The van der Waals surface area contributed by atoms with Crippen molar-refractivity contribution in [2.45, 2.75) is 34.1 Å². The molecule has 0 spiro atoms. The Kier molecular flexibility index (Phi) is 9.27. The SMILES string of the molecule is Cc1cccc(C)c1OCC(=O)NNC(=S)NC(=O)c1ccc(OCCC(C)C)cc1. The zero-order valence-corrected chi connectivity index (χ0v) is 19.1. The van der Waals surface area contributed by atoms with Gasteiger partial charge in [0.2, 0.25) is 0 Å². The van der Waals surface area contributed by atoms with Gasteiger partial charge in [-0.25, -0.2) is 0 Å². The van der Waals surface area contributed by atoms with Crippen molar-refractivity contribution in [3.8, 4) is 11.5 Å². The highest BCUT2D eigenvalue weighted by Crippen LogP contribution is 2.22. The molecule has 2 aromatic carbocycles. The van der Waals surface area contributed by atoms with E-state index in [0.717, 1.165) is 17.5 Å². The van der Waals surface area contributed by atoms with Gasteiger partial charge in [-0.15, -0.1) is 0 Å². The van der Waals surface area contributed by atoms with E-state index in [4.69, 9.17) is 21.7 Å². The largest absolute Gasteiger partial charge is 0.494 e. The number of carbonyl (C=O) groups is 2. The quantitative estimate of drug-likeness (QED) is 0.428. The second kappa shape index (κ2) is 11.9. The molecule has 0 aliphatic carbocycles.